The van der Waals surface area contributed by atoms with Gasteiger partial charge in [-0.05, 0) is 43.5 Å². The van der Waals surface area contributed by atoms with Crippen molar-refractivity contribution in [3.63, 3.8) is 0 Å². The molecule has 0 N–H and O–H groups in total. The minimum Gasteiger partial charge on any atom is -0.497 e. The molecule has 2 rings (SSSR count). The summed E-state index contributed by atoms with van der Waals surface area (Å²) in [5, 5.41) is 0. The molecule has 0 bridgehead atoms. The topological polar surface area (TPSA) is 35.5 Å². The van der Waals surface area contributed by atoms with Crippen LogP contribution in [0.2, 0.25) is 0 Å². The number of rotatable bonds is 4. The molecule has 3 heteroatoms. The highest BCUT2D eigenvalue weighted by atomic mass is 16.5. The first-order chi connectivity index (χ1) is 8.20. The molecule has 1 aliphatic heterocycles. The molecule has 1 unspecified atom stereocenters. The van der Waals surface area contributed by atoms with Crippen molar-refractivity contribution >= 4 is 5.78 Å². The van der Waals surface area contributed by atoms with Gasteiger partial charge in [-0.25, -0.2) is 0 Å². The van der Waals surface area contributed by atoms with Crippen molar-refractivity contribution in [2.45, 2.75) is 32.3 Å². The maximum absolute atomic E-state index is 12.1. The molecule has 17 heavy (non-hydrogen) atoms. The van der Waals surface area contributed by atoms with Crippen molar-refractivity contribution in [1.82, 2.24) is 0 Å². The van der Waals surface area contributed by atoms with Crippen LogP contribution in [0.4, 0.5) is 0 Å². The van der Waals surface area contributed by atoms with Crippen LogP contribution in [-0.4, -0.2) is 25.6 Å². The number of ether oxygens (including phenoxy) is 2. The molecule has 0 amide bonds. The number of benzene rings is 1. The van der Waals surface area contributed by atoms with Crippen molar-refractivity contribution in [2.24, 2.45) is 0 Å². The molecule has 1 atom stereocenters. The Labute approximate surface area is 102 Å². The van der Waals surface area contributed by atoms with E-state index in [-0.39, 0.29) is 11.9 Å². The molecular formula is C14H18O3. The SMILES string of the molecule is COc1ccc(C(=O)CC2CCCO2)c(C)c1. The maximum atomic E-state index is 12.1. The van der Waals surface area contributed by atoms with E-state index >= 15 is 0 Å². The molecule has 0 aliphatic carbocycles. The van der Waals surface area contributed by atoms with Crippen LogP contribution >= 0.6 is 0 Å². The number of ketones is 1. The van der Waals surface area contributed by atoms with Gasteiger partial charge < -0.3 is 9.47 Å². The normalized spacial score (nSPS) is 19.3. The molecule has 92 valence electrons. The summed E-state index contributed by atoms with van der Waals surface area (Å²) in [5.41, 5.74) is 1.74. The second kappa shape index (κ2) is 5.32. The molecule has 0 saturated carbocycles. The van der Waals surface area contributed by atoms with E-state index in [9.17, 15) is 4.79 Å². The highest BCUT2D eigenvalue weighted by molar-refractivity contribution is 5.97. The van der Waals surface area contributed by atoms with Gasteiger partial charge in [-0.3, -0.25) is 4.79 Å². The summed E-state index contributed by atoms with van der Waals surface area (Å²) >= 11 is 0. The summed E-state index contributed by atoms with van der Waals surface area (Å²) in [6.07, 6.45) is 2.68. The Bertz CT molecular complexity index is 406. The first-order valence-electron chi connectivity index (χ1n) is 6.00. The Morgan fingerprint density at radius 3 is 2.94 bits per heavy atom. The minimum absolute atomic E-state index is 0.115. The van der Waals surface area contributed by atoms with Crippen molar-refractivity contribution in [3.8, 4) is 5.75 Å². The summed E-state index contributed by atoms with van der Waals surface area (Å²) in [6.45, 7) is 2.73. The number of aryl methyl sites for hydroxylation is 1. The Morgan fingerprint density at radius 2 is 2.35 bits per heavy atom. The fourth-order valence-electron chi connectivity index (χ4n) is 2.20. The molecule has 3 nitrogen and oxygen atoms in total. The van der Waals surface area contributed by atoms with Gasteiger partial charge in [0.1, 0.15) is 5.75 Å². The van der Waals surface area contributed by atoms with E-state index < -0.39 is 0 Å². The van der Waals surface area contributed by atoms with Crippen molar-refractivity contribution in [1.29, 1.82) is 0 Å². The molecule has 1 saturated heterocycles. The third-order valence-corrected chi connectivity index (χ3v) is 3.17. The van der Waals surface area contributed by atoms with E-state index in [0.717, 1.165) is 36.3 Å². The number of carbonyl (C=O) groups is 1. The quantitative estimate of drug-likeness (QED) is 0.751. The molecule has 1 aromatic carbocycles. The van der Waals surface area contributed by atoms with E-state index in [1.807, 2.05) is 25.1 Å². The average molecular weight is 234 g/mol. The molecule has 1 heterocycles. The predicted octanol–water partition coefficient (Wildman–Crippen LogP) is 2.76. The Kier molecular flexibility index (Phi) is 3.79. The number of hydrogen-bond donors (Lipinski definition) is 0. The van der Waals surface area contributed by atoms with Crippen LogP contribution in [0.25, 0.3) is 0 Å². The van der Waals surface area contributed by atoms with Crippen molar-refractivity contribution in [3.05, 3.63) is 29.3 Å². The Morgan fingerprint density at radius 1 is 1.53 bits per heavy atom. The van der Waals surface area contributed by atoms with Crippen LogP contribution in [0.1, 0.15) is 35.2 Å². The van der Waals surface area contributed by atoms with Crippen LogP contribution in [0.3, 0.4) is 0 Å². The smallest absolute Gasteiger partial charge is 0.165 e. The van der Waals surface area contributed by atoms with Gasteiger partial charge in [0, 0.05) is 18.6 Å². The lowest BCUT2D eigenvalue weighted by Crippen LogP contribution is -2.13. The van der Waals surface area contributed by atoms with E-state index in [0.29, 0.717) is 6.42 Å². The highest BCUT2D eigenvalue weighted by Crippen LogP contribution is 2.22. The Hall–Kier alpha value is -1.35. The zero-order valence-corrected chi connectivity index (χ0v) is 10.4. The van der Waals surface area contributed by atoms with Crippen molar-refractivity contribution < 1.29 is 14.3 Å². The zero-order chi connectivity index (χ0) is 12.3. The van der Waals surface area contributed by atoms with Crippen LogP contribution in [-0.2, 0) is 4.74 Å². The summed E-state index contributed by atoms with van der Waals surface area (Å²) in [4.78, 5) is 12.1. The van der Waals surface area contributed by atoms with E-state index in [1.165, 1.54) is 0 Å². The van der Waals surface area contributed by atoms with E-state index in [2.05, 4.69) is 0 Å². The van der Waals surface area contributed by atoms with Gasteiger partial charge in [-0.15, -0.1) is 0 Å². The minimum atomic E-state index is 0.115. The summed E-state index contributed by atoms with van der Waals surface area (Å²) in [5.74, 6) is 0.952. The lowest BCUT2D eigenvalue weighted by molar-refractivity contribution is 0.0775. The lowest BCUT2D eigenvalue weighted by Gasteiger charge is -2.10. The van der Waals surface area contributed by atoms with Crippen LogP contribution < -0.4 is 4.74 Å². The average Bonchev–Trinajstić information content (AvgIpc) is 2.81. The first kappa shape index (κ1) is 12.1. The van der Waals surface area contributed by atoms with Gasteiger partial charge in [-0.1, -0.05) is 0 Å². The summed E-state index contributed by atoms with van der Waals surface area (Å²) < 4.78 is 10.6. The Balaban J connectivity index is 2.07. The van der Waals surface area contributed by atoms with E-state index in [4.69, 9.17) is 9.47 Å². The number of methoxy groups -OCH3 is 1. The zero-order valence-electron chi connectivity index (χ0n) is 10.4. The number of Topliss-reactive ketones (excluding diaryl/α,β-unsaturated/α-hetero) is 1. The van der Waals surface area contributed by atoms with Gasteiger partial charge in [0.15, 0.2) is 5.78 Å². The molecule has 1 fully saturated rings. The largest absolute Gasteiger partial charge is 0.497 e. The van der Waals surface area contributed by atoms with Gasteiger partial charge in [-0.2, -0.15) is 0 Å². The van der Waals surface area contributed by atoms with Gasteiger partial charge in [0.2, 0.25) is 0 Å². The fourth-order valence-corrected chi connectivity index (χ4v) is 2.20. The maximum Gasteiger partial charge on any atom is 0.165 e. The van der Waals surface area contributed by atoms with Gasteiger partial charge in [0.25, 0.3) is 0 Å². The predicted molar refractivity (Wildman–Crippen MR) is 65.7 cm³/mol. The second-order valence-corrected chi connectivity index (χ2v) is 4.44. The molecule has 1 aromatic rings. The number of carbonyl (C=O) groups excluding carboxylic acids is 1. The van der Waals surface area contributed by atoms with E-state index in [1.54, 1.807) is 7.11 Å². The molecule has 0 spiro atoms. The molecule has 1 aliphatic rings. The summed E-state index contributed by atoms with van der Waals surface area (Å²) in [6, 6.07) is 5.56. The van der Waals surface area contributed by atoms with Crippen molar-refractivity contribution in [2.75, 3.05) is 13.7 Å². The lowest BCUT2D eigenvalue weighted by atomic mass is 9.99. The van der Waals surface area contributed by atoms with Crippen LogP contribution in [0.15, 0.2) is 18.2 Å². The monoisotopic (exact) mass is 234 g/mol. The third kappa shape index (κ3) is 2.86. The number of hydrogen-bond acceptors (Lipinski definition) is 3. The van der Waals surface area contributed by atoms with Crippen LogP contribution in [0, 0.1) is 6.92 Å². The van der Waals surface area contributed by atoms with Gasteiger partial charge in [0.05, 0.1) is 13.2 Å². The second-order valence-electron chi connectivity index (χ2n) is 4.44. The van der Waals surface area contributed by atoms with Crippen LogP contribution in [0.5, 0.6) is 5.75 Å². The third-order valence-electron chi connectivity index (χ3n) is 3.17. The molecular weight excluding hydrogens is 216 g/mol. The summed E-state index contributed by atoms with van der Waals surface area (Å²) in [7, 11) is 1.63. The molecule has 0 radical (unpaired) electrons. The van der Waals surface area contributed by atoms with Gasteiger partial charge >= 0.3 is 0 Å². The standard InChI is InChI=1S/C14H18O3/c1-10-8-11(16-2)5-6-13(10)14(15)9-12-4-3-7-17-12/h5-6,8,12H,3-4,7,9H2,1-2H3. The highest BCUT2D eigenvalue weighted by Gasteiger charge is 2.20. The molecule has 0 aromatic heterocycles. The first-order valence-corrected chi connectivity index (χ1v) is 6.00. The fraction of sp³-hybridized carbons (Fsp3) is 0.500.